The largest absolute Gasteiger partial charge is 0.489 e. The third kappa shape index (κ3) is 7.21. The molecule has 25 heavy (non-hydrogen) atoms. The van der Waals surface area contributed by atoms with Gasteiger partial charge in [0.05, 0.1) is 0 Å². The maximum absolute atomic E-state index is 6.11. The number of hydrogen-bond donors (Lipinski definition) is 1. The molecule has 0 saturated carbocycles. The predicted octanol–water partition coefficient (Wildman–Crippen LogP) is 6.40. The van der Waals surface area contributed by atoms with Crippen LogP contribution in [0.1, 0.15) is 55.7 Å². The van der Waals surface area contributed by atoms with Crippen molar-refractivity contribution in [2.45, 2.75) is 59.1 Å². The summed E-state index contributed by atoms with van der Waals surface area (Å²) in [4.78, 5) is 0. The van der Waals surface area contributed by atoms with E-state index in [0.717, 1.165) is 23.3 Å². The highest BCUT2D eigenvalue weighted by atomic mass is 79.9. The number of nitrogens with one attached hydrogen (secondary N) is 1. The Morgan fingerprint density at radius 3 is 2.56 bits per heavy atom. The Morgan fingerprint density at radius 1 is 0.960 bits per heavy atom. The van der Waals surface area contributed by atoms with E-state index >= 15 is 0 Å². The minimum absolute atomic E-state index is 0.609. The van der Waals surface area contributed by atoms with Gasteiger partial charge in [-0.15, -0.1) is 0 Å². The number of unbranched alkanes of at least 4 members (excludes halogenated alkanes) is 4. The van der Waals surface area contributed by atoms with Crippen LogP contribution in [0.15, 0.2) is 46.9 Å². The summed E-state index contributed by atoms with van der Waals surface area (Å²) < 4.78 is 7.20. The Labute approximate surface area is 161 Å². The molecule has 0 unspecified atom stereocenters. The number of ether oxygens (including phenoxy) is 1. The third-order valence-corrected chi connectivity index (χ3v) is 4.93. The molecule has 136 valence electrons. The van der Waals surface area contributed by atoms with Crippen LogP contribution >= 0.6 is 15.9 Å². The first-order valence-corrected chi connectivity index (χ1v) is 10.2. The molecule has 0 aromatic heterocycles. The predicted molar refractivity (Wildman–Crippen MR) is 110 cm³/mol. The van der Waals surface area contributed by atoms with Gasteiger partial charge in [0.2, 0.25) is 0 Å². The van der Waals surface area contributed by atoms with Crippen LogP contribution in [0.25, 0.3) is 0 Å². The van der Waals surface area contributed by atoms with E-state index in [1.54, 1.807) is 0 Å². The van der Waals surface area contributed by atoms with Crippen LogP contribution in [0.2, 0.25) is 0 Å². The van der Waals surface area contributed by atoms with Gasteiger partial charge in [-0.3, -0.25) is 0 Å². The molecule has 0 radical (unpaired) electrons. The van der Waals surface area contributed by atoms with E-state index in [0.29, 0.717) is 6.61 Å². The van der Waals surface area contributed by atoms with Gasteiger partial charge in [0, 0.05) is 16.6 Å². The smallest absolute Gasteiger partial charge is 0.124 e. The van der Waals surface area contributed by atoms with Crippen molar-refractivity contribution in [3.63, 3.8) is 0 Å². The highest BCUT2D eigenvalue weighted by molar-refractivity contribution is 9.10. The lowest BCUT2D eigenvalue weighted by Gasteiger charge is -2.14. The lowest BCUT2D eigenvalue weighted by atomic mass is 10.1. The molecule has 0 saturated heterocycles. The molecular formula is C22H30BrNO. The maximum Gasteiger partial charge on any atom is 0.124 e. The molecule has 0 spiro atoms. The van der Waals surface area contributed by atoms with Crippen LogP contribution in [-0.4, -0.2) is 6.54 Å². The SMILES string of the molecule is CCCCCCCNCc1cc(Br)ccc1OCc1ccccc1C. The quantitative estimate of drug-likeness (QED) is 0.438. The molecule has 2 aromatic rings. The second-order valence-electron chi connectivity index (χ2n) is 6.56. The summed E-state index contributed by atoms with van der Waals surface area (Å²) in [5.74, 6) is 0.963. The van der Waals surface area contributed by atoms with Crippen LogP contribution in [0.4, 0.5) is 0 Å². The minimum Gasteiger partial charge on any atom is -0.489 e. The lowest BCUT2D eigenvalue weighted by Crippen LogP contribution is -2.15. The zero-order valence-corrected chi connectivity index (χ0v) is 17.1. The number of hydrogen-bond acceptors (Lipinski definition) is 2. The van der Waals surface area contributed by atoms with Gasteiger partial charge in [0.25, 0.3) is 0 Å². The van der Waals surface area contributed by atoms with Crippen molar-refractivity contribution >= 4 is 15.9 Å². The fraction of sp³-hybridized carbons (Fsp3) is 0.455. The summed E-state index contributed by atoms with van der Waals surface area (Å²) in [6.07, 6.45) is 6.55. The molecule has 0 fully saturated rings. The van der Waals surface area contributed by atoms with Crippen molar-refractivity contribution in [1.82, 2.24) is 5.32 Å². The van der Waals surface area contributed by atoms with E-state index in [2.05, 4.69) is 71.5 Å². The first-order chi connectivity index (χ1) is 12.2. The van der Waals surface area contributed by atoms with Gasteiger partial charge in [-0.05, 0) is 49.2 Å². The van der Waals surface area contributed by atoms with Crippen molar-refractivity contribution in [3.8, 4) is 5.75 Å². The van der Waals surface area contributed by atoms with Gasteiger partial charge in [-0.2, -0.15) is 0 Å². The molecule has 0 bridgehead atoms. The molecule has 0 aliphatic heterocycles. The van der Waals surface area contributed by atoms with Gasteiger partial charge in [0.1, 0.15) is 12.4 Å². The van der Waals surface area contributed by atoms with E-state index in [-0.39, 0.29) is 0 Å². The van der Waals surface area contributed by atoms with E-state index in [1.807, 2.05) is 6.07 Å². The average Bonchev–Trinajstić information content (AvgIpc) is 2.61. The van der Waals surface area contributed by atoms with Crippen LogP contribution in [-0.2, 0) is 13.2 Å². The lowest BCUT2D eigenvalue weighted by molar-refractivity contribution is 0.301. The molecule has 0 aliphatic rings. The molecule has 1 N–H and O–H groups in total. The second-order valence-corrected chi connectivity index (χ2v) is 7.47. The fourth-order valence-electron chi connectivity index (χ4n) is 2.83. The van der Waals surface area contributed by atoms with E-state index in [9.17, 15) is 0 Å². The van der Waals surface area contributed by atoms with Crippen molar-refractivity contribution < 1.29 is 4.74 Å². The maximum atomic E-state index is 6.11. The Bertz CT molecular complexity index is 642. The van der Waals surface area contributed by atoms with Crippen LogP contribution in [0.5, 0.6) is 5.75 Å². The summed E-state index contributed by atoms with van der Waals surface area (Å²) in [5.41, 5.74) is 3.71. The third-order valence-electron chi connectivity index (χ3n) is 4.44. The molecule has 2 rings (SSSR count). The van der Waals surface area contributed by atoms with Crippen LogP contribution in [0.3, 0.4) is 0 Å². The summed E-state index contributed by atoms with van der Waals surface area (Å²) in [6.45, 7) is 6.90. The zero-order valence-electron chi connectivity index (χ0n) is 15.5. The highest BCUT2D eigenvalue weighted by Gasteiger charge is 2.06. The number of rotatable bonds is 11. The summed E-state index contributed by atoms with van der Waals surface area (Å²) >= 11 is 3.57. The standard InChI is InChI=1S/C22H30BrNO/c1-3-4-5-6-9-14-24-16-20-15-21(23)12-13-22(20)25-17-19-11-8-7-10-18(19)2/h7-8,10-13,15,24H,3-6,9,14,16-17H2,1-2H3. The molecule has 0 heterocycles. The molecule has 0 amide bonds. The van der Waals surface area contributed by atoms with E-state index in [4.69, 9.17) is 4.74 Å². The molecule has 0 atom stereocenters. The van der Waals surface area contributed by atoms with E-state index in [1.165, 1.54) is 48.8 Å². The Morgan fingerprint density at radius 2 is 1.76 bits per heavy atom. The Balaban J connectivity index is 1.85. The number of aryl methyl sites for hydroxylation is 1. The number of benzene rings is 2. The second kappa shape index (κ2) is 11.3. The molecular weight excluding hydrogens is 374 g/mol. The van der Waals surface area contributed by atoms with Gasteiger partial charge >= 0.3 is 0 Å². The van der Waals surface area contributed by atoms with E-state index < -0.39 is 0 Å². The Kier molecular flexibility index (Phi) is 9.06. The molecule has 0 aliphatic carbocycles. The molecule has 2 nitrogen and oxygen atoms in total. The minimum atomic E-state index is 0.609. The normalized spacial score (nSPS) is 10.8. The molecule has 3 heteroatoms. The van der Waals surface area contributed by atoms with Crippen LogP contribution < -0.4 is 10.1 Å². The van der Waals surface area contributed by atoms with Gasteiger partial charge < -0.3 is 10.1 Å². The first kappa shape index (κ1) is 20.0. The fourth-order valence-corrected chi connectivity index (χ4v) is 3.24. The summed E-state index contributed by atoms with van der Waals surface area (Å²) in [7, 11) is 0. The van der Waals surface area contributed by atoms with Gasteiger partial charge in [-0.1, -0.05) is 72.8 Å². The molecule has 2 aromatic carbocycles. The number of halogens is 1. The van der Waals surface area contributed by atoms with Gasteiger partial charge in [-0.25, -0.2) is 0 Å². The van der Waals surface area contributed by atoms with Crippen molar-refractivity contribution in [2.24, 2.45) is 0 Å². The van der Waals surface area contributed by atoms with Crippen molar-refractivity contribution in [1.29, 1.82) is 0 Å². The highest BCUT2D eigenvalue weighted by Crippen LogP contribution is 2.24. The topological polar surface area (TPSA) is 21.3 Å². The van der Waals surface area contributed by atoms with Crippen molar-refractivity contribution in [2.75, 3.05) is 6.54 Å². The first-order valence-electron chi connectivity index (χ1n) is 9.37. The van der Waals surface area contributed by atoms with Crippen molar-refractivity contribution in [3.05, 3.63) is 63.6 Å². The summed E-state index contributed by atoms with van der Waals surface area (Å²) in [6, 6.07) is 14.6. The van der Waals surface area contributed by atoms with Crippen LogP contribution in [0, 0.1) is 6.92 Å². The zero-order chi connectivity index (χ0) is 17.9. The monoisotopic (exact) mass is 403 g/mol. The average molecular weight is 404 g/mol. The van der Waals surface area contributed by atoms with Gasteiger partial charge in [0.15, 0.2) is 0 Å². The summed E-state index contributed by atoms with van der Waals surface area (Å²) in [5, 5.41) is 3.55. The Hall–Kier alpha value is -1.32.